The first-order valence-corrected chi connectivity index (χ1v) is 15.4. The number of aromatic nitrogens is 5. The van der Waals surface area contributed by atoms with Crippen molar-refractivity contribution >= 4 is 5.78 Å². The van der Waals surface area contributed by atoms with E-state index in [9.17, 15) is 4.79 Å². The number of ketones is 1. The molecule has 3 aromatic rings. The second kappa shape index (κ2) is 10.9. The minimum atomic E-state index is -0.543. The Morgan fingerprint density at radius 1 is 1.12 bits per heavy atom. The van der Waals surface area contributed by atoms with E-state index in [4.69, 9.17) is 29.1 Å². The average molecular weight is 561 g/mol. The van der Waals surface area contributed by atoms with Gasteiger partial charge in [-0.3, -0.25) is 14.4 Å². The van der Waals surface area contributed by atoms with E-state index >= 15 is 0 Å². The standard InChI is InChI=1S/C31H40N6O4/c1-20(25-8-6-14-36(25)2)40-27-17-24(23-10-15-37(34-23)18-21-11-16-39-19-21)32-30(33-27)28-22-7-5-13-31(29(22)41-35-28)12-4-3-9-26(31)38/h10,15,17,20-21,25H,3-9,11-14,16,18-19H2,1-2H3/t20-,21-,25-,31+/m0/s1. The highest BCUT2D eigenvalue weighted by atomic mass is 16.5. The van der Waals surface area contributed by atoms with Crippen LogP contribution in [0.5, 0.6) is 5.88 Å². The van der Waals surface area contributed by atoms with Crippen molar-refractivity contribution in [1.82, 2.24) is 29.8 Å². The number of likely N-dealkylation sites (N-methyl/N-ethyl adjacent to an activating group) is 1. The lowest BCUT2D eigenvalue weighted by molar-refractivity contribution is -0.128. The van der Waals surface area contributed by atoms with Gasteiger partial charge in [-0.2, -0.15) is 10.1 Å². The van der Waals surface area contributed by atoms with Gasteiger partial charge < -0.3 is 14.0 Å². The Morgan fingerprint density at radius 3 is 2.83 bits per heavy atom. The van der Waals surface area contributed by atoms with Gasteiger partial charge in [0.15, 0.2) is 17.3 Å². The first-order chi connectivity index (χ1) is 20.0. The molecular formula is C31H40N6O4. The Bertz CT molecular complexity index is 1410. The van der Waals surface area contributed by atoms with Gasteiger partial charge in [-0.1, -0.05) is 11.6 Å². The van der Waals surface area contributed by atoms with Crippen molar-refractivity contribution in [2.75, 3.05) is 26.8 Å². The van der Waals surface area contributed by atoms with Gasteiger partial charge in [-0.15, -0.1) is 0 Å². The predicted octanol–water partition coefficient (Wildman–Crippen LogP) is 4.61. The highest BCUT2D eigenvalue weighted by Gasteiger charge is 2.48. The molecule has 10 nitrogen and oxygen atoms in total. The number of hydrogen-bond donors (Lipinski definition) is 0. The molecule has 3 fully saturated rings. The molecule has 2 aliphatic carbocycles. The third kappa shape index (κ3) is 4.99. The van der Waals surface area contributed by atoms with Crippen LogP contribution in [0.4, 0.5) is 0 Å². The van der Waals surface area contributed by atoms with Gasteiger partial charge in [-0.05, 0) is 77.9 Å². The highest BCUT2D eigenvalue weighted by Crippen LogP contribution is 2.47. The van der Waals surface area contributed by atoms with Crippen molar-refractivity contribution in [2.45, 2.75) is 95.2 Å². The molecule has 0 unspecified atom stereocenters. The maximum atomic E-state index is 13.2. The van der Waals surface area contributed by atoms with Gasteiger partial charge in [0.2, 0.25) is 5.88 Å². The molecule has 1 spiro atoms. The SMILES string of the molecule is C[C@H](Oc1cc(-c2ccn(C[C@@H]3CCOC3)n2)nc(-c2noc3c2CCC[C@@]32CCCCC2=O)n1)[C@@H]1CCCN1C. The minimum absolute atomic E-state index is 0.0348. The second-order valence-electron chi connectivity index (χ2n) is 12.5. The molecule has 2 aliphatic heterocycles. The number of rotatable bonds is 7. The first-order valence-electron chi connectivity index (χ1n) is 15.4. The second-order valence-corrected chi connectivity index (χ2v) is 12.5. The highest BCUT2D eigenvalue weighted by molar-refractivity contribution is 5.91. The molecule has 41 heavy (non-hydrogen) atoms. The van der Waals surface area contributed by atoms with E-state index in [2.05, 4.69) is 24.0 Å². The summed E-state index contributed by atoms with van der Waals surface area (Å²) in [6, 6.07) is 4.22. The summed E-state index contributed by atoms with van der Waals surface area (Å²) >= 11 is 0. The number of likely N-dealkylation sites (tertiary alicyclic amines) is 1. The Kier molecular flexibility index (Phi) is 7.15. The van der Waals surface area contributed by atoms with Crippen LogP contribution in [0.2, 0.25) is 0 Å². The van der Waals surface area contributed by atoms with Gasteiger partial charge in [0.1, 0.15) is 17.6 Å². The average Bonchev–Trinajstić information content (AvgIpc) is 3.79. The van der Waals surface area contributed by atoms with E-state index in [1.54, 1.807) is 0 Å². The zero-order valence-corrected chi connectivity index (χ0v) is 24.2. The zero-order valence-electron chi connectivity index (χ0n) is 24.2. The van der Waals surface area contributed by atoms with Crippen molar-refractivity contribution in [1.29, 1.82) is 0 Å². The molecule has 0 bridgehead atoms. The topological polar surface area (TPSA) is 108 Å². The molecular weight excluding hydrogens is 520 g/mol. The molecule has 0 radical (unpaired) electrons. The van der Waals surface area contributed by atoms with Crippen molar-refractivity contribution in [2.24, 2.45) is 5.92 Å². The molecule has 0 amide bonds. The van der Waals surface area contributed by atoms with Crippen LogP contribution >= 0.6 is 0 Å². The Balaban J connectivity index is 1.25. The third-order valence-electron chi connectivity index (χ3n) is 9.76. The lowest BCUT2D eigenvalue weighted by atomic mass is 9.64. The van der Waals surface area contributed by atoms with Gasteiger partial charge in [0.25, 0.3) is 0 Å². The zero-order chi connectivity index (χ0) is 28.0. The van der Waals surface area contributed by atoms with Gasteiger partial charge >= 0.3 is 0 Å². The predicted molar refractivity (Wildman–Crippen MR) is 152 cm³/mol. The molecule has 7 rings (SSSR count). The number of nitrogens with zero attached hydrogens (tertiary/aromatic N) is 6. The number of fused-ring (bicyclic) bond motifs is 2. The summed E-state index contributed by atoms with van der Waals surface area (Å²) in [6.07, 6.45) is 11.3. The molecule has 0 aromatic carbocycles. The van der Waals surface area contributed by atoms with Crippen molar-refractivity contribution in [3.8, 4) is 28.8 Å². The summed E-state index contributed by atoms with van der Waals surface area (Å²) in [5, 5.41) is 9.38. The normalized spacial score (nSPS) is 27.4. The van der Waals surface area contributed by atoms with E-state index < -0.39 is 5.41 Å². The summed E-state index contributed by atoms with van der Waals surface area (Å²) in [5.74, 6) is 2.48. The number of carbonyl (C=O) groups excluding carboxylic acids is 1. The van der Waals surface area contributed by atoms with E-state index in [1.807, 2.05) is 23.0 Å². The quantitative estimate of drug-likeness (QED) is 0.409. The number of ether oxygens (including phenoxy) is 2. The van der Waals surface area contributed by atoms with Gasteiger partial charge in [-0.25, -0.2) is 4.98 Å². The Labute approximate surface area is 240 Å². The fraction of sp³-hybridized carbons (Fsp3) is 0.645. The number of carbonyl (C=O) groups is 1. The van der Waals surface area contributed by atoms with E-state index in [0.29, 0.717) is 47.3 Å². The largest absolute Gasteiger partial charge is 0.473 e. The summed E-state index contributed by atoms with van der Waals surface area (Å²) in [7, 11) is 2.15. The summed E-state index contributed by atoms with van der Waals surface area (Å²) in [4.78, 5) is 25.4. The monoisotopic (exact) mass is 560 g/mol. The molecule has 3 aromatic heterocycles. The van der Waals surface area contributed by atoms with Crippen molar-refractivity contribution in [3.05, 3.63) is 29.7 Å². The maximum absolute atomic E-state index is 13.2. The summed E-state index contributed by atoms with van der Waals surface area (Å²) < 4.78 is 20.0. The minimum Gasteiger partial charge on any atom is -0.473 e. The molecule has 10 heteroatoms. The molecule has 218 valence electrons. The first kappa shape index (κ1) is 26.8. The van der Waals surface area contributed by atoms with Crippen LogP contribution in [0.25, 0.3) is 22.9 Å². The van der Waals surface area contributed by atoms with E-state index in [1.165, 1.54) is 6.42 Å². The van der Waals surface area contributed by atoms with Crippen molar-refractivity contribution in [3.63, 3.8) is 0 Å². The van der Waals surface area contributed by atoms with Crippen LogP contribution in [0.3, 0.4) is 0 Å². The Morgan fingerprint density at radius 2 is 2.02 bits per heavy atom. The van der Waals surface area contributed by atoms with Gasteiger partial charge in [0, 0.05) is 49.4 Å². The molecule has 1 saturated carbocycles. The van der Waals surface area contributed by atoms with Crippen LogP contribution in [-0.2, 0) is 27.9 Å². The van der Waals surface area contributed by atoms with Crippen LogP contribution in [-0.4, -0.2) is 74.5 Å². The van der Waals surface area contributed by atoms with Crippen LogP contribution < -0.4 is 4.74 Å². The van der Waals surface area contributed by atoms with Crippen molar-refractivity contribution < 1.29 is 18.8 Å². The van der Waals surface area contributed by atoms with Crippen LogP contribution in [0, 0.1) is 5.92 Å². The lowest BCUT2D eigenvalue weighted by Crippen LogP contribution is -2.41. The molecule has 4 atom stereocenters. The summed E-state index contributed by atoms with van der Waals surface area (Å²) in [5.41, 5.74) is 2.51. The van der Waals surface area contributed by atoms with Crippen LogP contribution in [0.1, 0.15) is 76.0 Å². The fourth-order valence-corrected chi connectivity index (χ4v) is 7.48. The van der Waals surface area contributed by atoms with E-state index in [-0.39, 0.29) is 6.10 Å². The van der Waals surface area contributed by atoms with Crippen LogP contribution in [0.15, 0.2) is 22.9 Å². The smallest absolute Gasteiger partial charge is 0.217 e. The fourth-order valence-electron chi connectivity index (χ4n) is 7.48. The third-order valence-corrected chi connectivity index (χ3v) is 9.76. The molecule has 4 aliphatic rings. The maximum Gasteiger partial charge on any atom is 0.217 e. The Hall–Kier alpha value is -3.11. The van der Waals surface area contributed by atoms with Gasteiger partial charge in [0.05, 0.1) is 17.7 Å². The molecule has 5 heterocycles. The lowest BCUT2D eigenvalue weighted by Gasteiger charge is -2.36. The number of Topliss-reactive ketones (excluding diaryl/α,β-unsaturated/α-hetero) is 1. The van der Waals surface area contributed by atoms with E-state index in [0.717, 1.165) is 94.7 Å². The molecule has 0 N–H and O–H groups in total. The number of hydrogen-bond acceptors (Lipinski definition) is 9. The summed E-state index contributed by atoms with van der Waals surface area (Å²) in [6.45, 7) is 5.60. The molecule has 2 saturated heterocycles.